The average Bonchev–Trinajstić information content (AvgIpc) is 1.97. The second-order valence-corrected chi connectivity index (χ2v) is 3.14. The van der Waals surface area contributed by atoms with Crippen molar-refractivity contribution in [2.45, 2.75) is 32.9 Å². The Morgan fingerprint density at radius 1 is 1.55 bits per heavy atom. The van der Waals surface area contributed by atoms with E-state index < -0.39 is 6.17 Å². The van der Waals surface area contributed by atoms with Crippen LogP contribution < -0.4 is 0 Å². The van der Waals surface area contributed by atoms with Crippen LogP contribution in [0.5, 0.6) is 0 Å². The lowest BCUT2D eigenvalue weighted by Crippen LogP contribution is -2.16. The molecule has 0 bridgehead atoms. The Morgan fingerprint density at radius 3 is 2.82 bits per heavy atom. The van der Waals surface area contributed by atoms with E-state index in [1.54, 1.807) is 6.08 Å². The first-order valence-corrected chi connectivity index (χ1v) is 4.24. The molecule has 0 radical (unpaired) electrons. The molecule has 0 N–H and O–H groups in total. The zero-order valence-corrected chi connectivity index (χ0v) is 7.18. The first kappa shape index (κ1) is 8.51. The third-order valence-corrected chi connectivity index (χ3v) is 2.22. The van der Waals surface area contributed by atoms with Crippen molar-refractivity contribution in [3.05, 3.63) is 23.8 Å². The fourth-order valence-electron chi connectivity index (χ4n) is 1.52. The minimum Gasteiger partial charge on any atom is -0.242 e. The molecule has 2 unspecified atom stereocenters. The first-order valence-electron chi connectivity index (χ1n) is 4.24. The third-order valence-electron chi connectivity index (χ3n) is 2.22. The molecule has 0 fully saturated rings. The Labute approximate surface area is 67.8 Å². The summed E-state index contributed by atoms with van der Waals surface area (Å²) in [4.78, 5) is 0. The zero-order valence-electron chi connectivity index (χ0n) is 7.18. The van der Waals surface area contributed by atoms with Gasteiger partial charge in [-0.2, -0.15) is 0 Å². The predicted octanol–water partition coefficient (Wildman–Crippen LogP) is 3.26. The van der Waals surface area contributed by atoms with Gasteiger partial charge < -0.3 is 0 Å². The van der Waals surface area contributed by atoms with Gasteiger partial charge in [0.15, 0.2) is 0 Å². The van der Waals surface area contributed by atoms with Crippen molar-refractivity contribution in [1.29, 1.82) is 0 Å². The van der Waals surface area contributed by atoms with Crippen LogP contribution in [0.4, 0.5) is 4.39 Å². The van der Waals surface area contributed by atoms with Crippen LogP contribution >= 0.6 is 0 Å². The minimum absolute atomic E-state index is 0.144. The average molecular weight is 154 g/mol. The van der Waals surface area contributed by atoms with Gasteiger partial charge >= 0.3 is 0 Å². The highest BCUT2D eigenvalue weighted by Gasteiger charge is 2.20. The molecule has 0 amide bonds. The number of hydrogen-bond donors (Lipinski definition) is 0. The Kier molecular flexibility index (Phi) is 2.86. The molecule has 0 saturated carbocycles. The van der Waals surface area contributed by atoms with E-state index in [0.29, 0.717) is 0 Å². The first-order chi connectivity index (χ1) is 5.25. The molecule has 0 aromatic heterocycles. The van der Waals surface area contributed by atoms with E-state index in [1.165, 1.54) is 5.57 Å². The van der Waals surface area contributed by atoms with Crippen LogP contribution in [-0.4, -0.2) is 6.17 Å². The van der Waals surface area contributed by atoms with Gasteiger partial charge in [-0.1, -0.05) is 37.1 Å². The highest BCUT2D eigenvalue weighted by atomic mass is 19.1. The van der Waals surface area contributed by atoms with Crippen LogP contribution in [0.15, 0.2) is 23.8 Å². The molecular weight excluding hydrogens is 139 g/mol. The van der Waals surface area contributed by atoms with Gasteiger partial charge in [-0.25, -0.2) is 4.39 Å². The number of hydrogen-bond acceptors (Lipinski definition) is 0. The van der Waals surface area contributed by atoms with E-state index in [1.807, 2.05) is 19.1 Å². The van der Waals surface area contributed by atoms with Crippen LogP contribution in [-0.2, 0) is 0 Å². The molecule has 0 aliphatic heterocycles. The van der Waals surface area contributed by atoms with Crippen LogP contribution in [0.1, 0.15) is 26.7 Å². The topological polar surface area (TPSA) is 0 Å². The second kappa shape index (κ2) is 3.70. The quantitative estimate of drug-likeness (QED) is 0.572. The maximum absolute atomic E-state index is 13.2. The molecule has 0 aromatic rings. The van der Waals surface area contributed by atoms with Crippen molar-refractivity contribution >= 4 is 0 Å². The SMILES string of the molecule is CCCC1C(C)=CC=CC1F. The van der Waals surface area contributed by atoms with Gasteiger partial charge in [0.1, 0.15) is 6.17 Å². The smallest absolute Gasteiger partial charge is 0.125 e. The maximum atomic E-state index is 13.2. The molecule has 1 aliphatic carbocycles. The van der Waals surface area contributed by atoms with Crippen LogP contribution in [0.25, 0.3) is 0 Å². The molecule has 0 spiro atoms. The number of allylic oxidation sites excluding steroid dienone is 4. The lowest BCUT2D eigenvalue weighted by atomic mass is 9.87. The maximum Gasteiger partial charge on any atom is 0.125 e. The number of halogens is 1. The Bertz CT molecular complexity index is 179. The van der Waals surface area contributed by atoms with Crippen molar-refractivity contribution in [3.8, 4) is 0 Å². The van der Waals surface area contributed by atoms with Gasteiger partial charge in [-0.3, -0.25) is 0 Å². The fourth-order valence-corrected chi connectivity index (χ4v) is 1.52. The molecule has 1 heteroatoms. The summed E-state index contributed by atoms with van der Waals surface area (Å²) in [6, 6.07) is 0. The van der Waals surface area contributed by atoms with Crippen molar-refractivity contribution in [2.24, 2.45) is 5.92 Å². The number of alkyl halides is 1. The summed E-state index contributed by atoms with van der Waals surface area (Å²) < 4.78 is 13.2. The Balaban J connectivity index is 2.62. The van der Waals surface area contributed by atoms with Crippen molar-refractivity contribution in [2.75, 3.05) is 0 Å². The zero-order chi connectivity index (χ0) is 8.27. The van der Waals surface area contributed by atoms with Gasteiger partial charge in [0.25, 0.3) is 0 Å². The monoisotopic (exact) mass is 154 g/mol. The summed E-state index contributed by atoms with van der Waals surface area (Å²) >= 11 is 0. The van der Waals surface area contributed by atoms with Crippen LogP contribution in [0.2, 0.25) is 0 Å². The largest absolute Gasteiger partial charge is 0.242 e. The fraction of sp³-hybridized carbons (Fsp3) is 0.600. The molecule has 0 saturated heterocycles. The normalized spacial score (nSPS) is 30.3. The van der Waals surface area contributed by atoms with Gasteiger partial charge in [0.2, 0.25) is 0 Å². The molecule has 1 aliphatic rings. The minimum atomic E-state index is -0.750. The van der Waals surface area contributed by atoms with Gasteiger partial charge in [0, 0.05) is 5.92 Å². The summed E-state index contributed by atoms with van der Waals surface area (Å²) in [6.07, 6.45) is 6.74. The molecule has 11 heavy (non-hydrogen) atoms. The summed E-state index contributed by atoms with van der Waals surface area (Å²) in [7, 11) is 0. The van der Waals surface area contributed by atoms with E-state index in [0.717, 1.165) is 12.8 Å². The van der Waals surface area contributed by atoms with Crippen molar-refractivity contribution in [3.63, 3.8) is 0 Å². The standard InChI is InChI=1S/C10H15F/c1-3-5-9-8(2)6-4-7-10(9)11/h4,6-7,9-10H,3,5H2,1-2H3. The van der Waals surface area contributed by atoms with Gasteiger partial charge in [0.05, 0.1) is 0 Å². The summed E-state index contributed by atoms with van der Waals surface area (Å²) in [5, 5.41) is 0. The molecular formula is C10H15F. The second-order valence-electron chi connectivity index (χ2n) is 3.14. The van der Waals surface area contributed by atoms with Gasteiger partial charge in [-0.05, 0) is 13.3 Å². The number of rotatable bonds is 2. The highest BCUT2D eigenvalue weighted by molar-refractivity contribution is 5.22. The van der Waals surface area contributed by atoms with E-state index in [-0.39, 0.29) is 5.92 Å². The predicted molar refractivity (Wildman–Crippen MR) is 46.2 cm³/mol. The molecule has 0 nitrogen and oxygen atoms in total. The lowest BCUT2D eigenvalue weighted by Gasteiger charge is -2.21. The van der Waals surface area contributed by atoms with E-state index in [9.17, 15) is 4.39 Å². The van der Waals surface area contributed by atoms with E-state index >= 15 is 0 Å². The van der Waals surface area contributed by atoms with Crippen molar-refractivity contribution < 1.29 is 4.39 Å². The van der Waals surface area contributed by atoms with Crippen LogP contribution in [0, 0.1) is 5.92 Å². The Hall–Kier alpha value is -0.590. The van der Waals surface area contributed by atoms with Crippen LogP contribution in [0.3, 0.4) is 0 Å². The molecule has 0 heterocycles. The summed E-state index contributed by atoms with van der Waals surface area (Å²) in [5.74, 6) is 0.144. The molecule has 2 atom stereocenters. The van der Waals surface area contributed by atoms with Crippen molar-refractivity contribution in [1.82, 2.24) is 0 Å². The molecule has 1 rings (SSSR count). The summed E-state index contributed by atoms with van der Waals surface area (Å²) in [6.45, 7) is 4.11. The third kappa shape index (κ3) is 1.92. The Morgan fingerprint density at radius 2 is 2.27 bits per heavy atom. The van der Waals surface area contributed by atoms with E-state index in [2.05, 4.69) is 6.92 Å². The molecule has 0 aromatic carbocycles. The lowest BCUT2D eigenvalue weighted by molar-refractivity contribution is 0.293. The molecule has 62 valence electrons. The van der Waals surface area contributed by atoms with Gasteiger partial charge in [-0.15, -0.1) is 0 Å². The summed E-state index contributed by atoms with van der Waals surface area (Å²) in [5.41, 5.74) is 1.18. The van der Waals surface area contributed by atoms with E-state index in [4.69, 9.17) is 0 Å². The highest BCUT2D eigenvalue weighted by Crippen LogP contribution is 2.26.